The fourth-order valence-corrected chi connectivity index (χ4v) is 1.56. The van der Waals surface area contributed by atoms with Crippen molar-refractivity contribution in [1.29, 1.82) is 0 Å². The van der Waals surface area contributed by atoms with E-state index < -0.39 is 0 Å². The van der Waals surface area contributed by atoms with Crippen LogP contribution in [-0.4, -0.2) is 25.2 Å². The molecule has 0 aromatic heterocycles. The molecule has 0 heterocycles. The lowest BCUT2D eigenvalue weighted by molar-refractivity contribution is 0.205. The fraction of sp³-hybridized carbons (Fsp3) is 0.400. The number of nitrogens with zero attached hydrogens (tertiary/aromatic N) is 1. The molecule has 0 aliphatic carbocycles. The molecule has 0 aliphatic heterocycles. The van der Waals surface area contributed by atoms with E-state index in [1.165, 1.54) is 5.56 Å². The predicted molar refractivity (Wildman–Crippen MR) is 80.6 cm³/mol. The van der Waals surface area contributed by atoms with Crippen LogP contribution < -0.4 is 15.8 Å². The maximum absolute atomic E-state index is 5.89. The van der Waals surface area contributed by atoms with Gasteiger partial charge in [-0.15, -0.1) is 6.58 Å². The van der Waals surface area contributed by atoms with Gasteiger partial charge in [-0.3, -0.25) is 0 Å². The normalized spacial score (nSPS) is 12.8. The van der Waals surface area contributed by atoms with E-state index in [0.29, 0.717) is 19.0 Å². The lowest BCUT2D eigenvalue weighted by atomic mass is 10.2. The van der Waals surface area contributed by atoms with E-state index in [0.717, 1.165) is 12.2 Å². The summed E-state index contributed by atoms with van der Waals surface area (Å²) in [6.45, 7) is 8.89. The summed E-state index contributed by atoms with van der Waals surface area (Å²) in [5.41, 5.74) is 6.90. The lowest BCUT2D eigenvalue weighted by Crippen LogP contribution is -2.33. The topological polar surface area (TPSA) is 59.6 Å². The first-order valence-corrected chi connectivity index (χ1v) is 6.53. The Morgan fingerprint density at radius 2 is 2.37 bits per heavy atom. The molecule has 0 saturated carbocycles. The average Bonchev–Trinajstić information content (AvgIpc) is 2.41. The first-order valence-electron chi connectivity index (χ1n) is 6.53. The van der Waals surface area contributed by atoms with Crippen LogP contribution in [-0.2, 0) is 0 Å². The number of nitrogens with two attached hydrogens (primary N) is 1. The highest BCUT2D eigenvalue weighted by Gasteiger charge is 2.07. The second-order valence-corrected chi connectivity index (χ2v) is 4.36. The maximum Gasteiger partial charge on any atom is 0.188 e. The number of hydrogen-bond acceptors (Lipinski definition) is 2. The third kappa shape index (κ3) is 5.95. The Kier molecular flexibility index (Phi) is 6.50. The predicted octanol–water partition coefficient (Wildman–Crippen LogP) is 2.24. The molecule has 104 valence electrons. The highest BCUT2D eigenvalue weighted by atomic mass is 16.5. The third-order valence-corrected chi connectivity index (χ3v) is 2.64. The first-order chi connectivity index (χ1) is 9.15. The van der Waals surface area contributed by atoms with Crippen molar-refractivity contribution in [2.75, 3.05) is 13.1 Å². The van der Waals surface area contributed by atoms with Crippen LogP contribution in [0.4, 0.5) is 0 Å². The molecule has 0 fully saturated rings. The Morgan fingerprint density at radius 1 is 1.58 bits per heavy atom. The average molecular weight is 261 g/mol. The van der Waals surface area contributed by atoms with Crippen molar-refractivity contribution in [3.05, 3.63) is 42.5 Å². The molecule has 1 rings (SSSR count). The second kappa shape index (κ2) is 8.19. The van der Waals surface area contributed by atoms with Gasteiger partial charge in [0.1, 0.15) is 11.9 Å². The summed E-state index contributed by atoms with van der Waals surface area (Å²) < 4.78 is 5.89. The molecule has 0 bridgehead atoms. The van der Waals surface area contributed by atoms with E-state index in [9.17, 15) is 0 Å². The highest BCUT2D eigenvalue weighted by Crippen LogP contribution is 2.15. The van der Waals surface area contributed by atoms with Gasteiger partial charge in [-0.05, 0) is 31.0 Å². The van der Waals surface area contributed by atoms with Crippen molar-refractivity contribution in [2.45, 2.75) is 26.4 Å². The molecular formula is C15H23N3O. The van der Waals surface area contributed by atoms with E-state index in [-0.39, 0.29) is 6.10 Å². The van der Waals surface area contributed by atoms with Gasteiger partial charge < -0.3 is 15.8 Å². The van der Waals surface area contributed by atoms with Gasteiger partial charge in [-0.2, -0.15) is 0 Å². The Morgan fingerprint density at radius 3 is 3.00 bits per heavy atom. The van der Waals surface area contributed by atoms with Crippen LogP contribution in [0.25, 0.3) is 0 Å². The van der Waals surface area contributed by atoms with Crippen LogP contribution in [0.5, 0.6) is 5.75 Å². The molecule has 0 radical (unpaired) electrons. The molecule has 0 saturated heterocycles. The van der Waals surface area contributed by atoms with E-state index in [4.69, 9.17) is 10.5 Å². The number of nitrogens with one attached hydrogen (secondary N) is 1. The number of guanidine groups is 1. The fourth-order valence-electron chi connectivity index (χ4n) is 1.56. The van der Waals surface area contributed by atoms with Gasteiger partial charge in [0.2, 0.25) is 0 Å². The number of benzene rings is 1. The summed E-state index contributed by atoms with van der Waals surface area (Å²) in [5, 5.41) is 2.94. The largest absolute Gasteiger partial charge is 0.489 e. The molecule has 3 N–H and O–H groups in total. The van der Waals surface area contributed by atoms with Gasteiger partial charge in [0, 0.05) is 6.54 Å². The molecule has 0 aliphatic rings. The van der Waals surface area contributed by atoms with E-state index in [1.807, 2.05) is 31.2 Å². The van der Waals surface area contributed by atoms with Gasteiger partial charge >= 0.3 is 0 Å². The zero-order valence-electron chi connectivity index (χ0n) is 11.7. The minimum Gasteiger partial charge on any atom is -0.489 e. The van der Waals surface area contributed by atoms with Crippen LogP contribution in [0.15, 0.2) is 41.9 Å². The van der Waals surface area contributed by atoms with Gasteiger partial charge in [0.05, 0.1) is 6.54 Å². The molecule has 19 heavy (non-hydrogen) atoms. The third-order valence-electron chi connectivity index (χ3n) is 2.64. The number of rotatable bonds is 7. The quantitative estimate of drug-likeness (QED) is 0.449. The van der Waals surface area contributed by atoms with Crippen molar-refractivity contribution in [2.24, 2.45) is 10.7 Å². The van der Waals surface area contributed by atoms with Crippen molar-refractivity contribution in [3.63, 3.8) is 0 Å². The van der Waals surface area contributed by atoms with E-state index in [2.05, 4.69) is 23.8 Å². The summed E-state index contributed by atoms with van der Waals surface area (Å²) >= 11 is 0. The van der Waals surface area contributed by atoms with Gasteiger partial charge in [0.25, 0.3) is 0 Å². The van der Waals surface area contributed by atoms with Crippen LogP contribution in [0.1, 0.15) is 18.9 Å². The van der Waals surface area contributed by atoms with Crippen molar-refractivity contribution < 1.29 is 4.74 Å². The highest BCUT2D eigenvalue weighted by molar-refractivity contribution is 5.77. The molecule has 1 atom stereocenters. The molecule has 0 spiro atoms. The molecular weight excluding hydrogens is 238 g/mol. The molecule has 1 aromatic carbocycles. The van der Waals surface area contributed by atoms with Crippen LogP contribution >= 0.6 is 0 Å². The van der Waals surface area contributed by atoms with Crippen LogP contribution in [0, 0.1) is 6.92 Å². The summed E-state index contributed by atoms with van der Waals surface area (Å²) in [4.78, 5) is 4.26. The monoisotopic (exact) mass is 261 g/mol. The minimum absolute atomic E-state index is 0.0332. The van der Waals surface area contributed by atoms with Gasteiger partial charge in [-0.1, -0.05) is 25.1 Å². The van der Waals surface area contributed by atoms with Crippen molar-refractivity contribution in [1.82, 2.24) is 5.32 Å². The van der Waals surface area contributed by atoms with E-state index >= 15 is 0 Å². The zero-order chi connectivity index (χ0) is 14.1. The summed E-state index contributed by atoms with van der Waals surface area (Å²) in [6.07, 6.45) is 2.65. The Balaban J connectivity index is 2.52. The number of aryl methyl sites for hydroxylation is 1. The molecule has 1 aromatic rings. The smallest absolute Gasteiger partial charge is 0.188 e. The van der Waals surface area contributed by atoms with Crippen molar-refractivity contribution in [3.8, 4) is 5.75 Å². The summed E-state index contributed by atoms with van der Waals surface area (Å²) in [5.74, 6) is 1.30. The maximum atomic E-state index is 5.89. The standard InChI is InChI=1S/C15H23N3O/c1-4-9-17-15(16)18-11-13(5-2)19-14-8-6-7-12(3)10-14/h4,6-8,10,13H,1,5,9,11H2,2-3H3,(H3,16,17,18). The summed E-state index contributed by atoms with van der Waals surface area (Å²) in [6, 6.07) is 8.01. The lowest BCUT2D eigenvalue weighted by Gasteiger charge is -2.16. The Bertz CT molecular complexity index is 429. The molecule has 4 nitrogen and oxygen atoms in total. The Hall–Kier alpha value is -1.97. The number of aliphatic imine (C=N–C) groups is 1. The van der Waals surface area contributed by atoms with Gasteiger partial charge in [0.15, 0.2) is 5.96 Å². The number of hydrogen-bond donors (Lipinski definition) is 2. The SMILES string of the molecule is C=CCNC(N)=NCC(CC)Oc1cccc(C)c1. The molecule has 1 unspecified atom stereocenters. The van der Waals surface area contributed by atoms with Crippen LogP contribution in [0.3, 0.4) is 0 Å². The zero-order valence-corrected chi connectivity index (χ0v) is 11.7. The second-order valence-electron chi connectivity index (χ2n) is 4.36. The molecule has 4 heteroatoms. The first kappa shape index (κ1) is 15.1. The summed E-state index contributed by atoms with van der Waals surface area (Å²) in [7, 11) is 0. The Labute approximate surface area is 115 Å². The minimum atomic E-state index is 0.0332. The number of ether oxygens (including phenoxy) is 1. The van der Waals surface area contributed by atoms with E-state index in [1.54, 1.807) is 6.08 Å². The van der Waals surface area contributed by atoms with Crippen molar-refractivity contribution >= 4 is 5.96 Å². The van der Waals surface area contributed by atoms with Crippen LogP contribution in [0.2, 0.25) is 0 Å². The van der Waals surface area contributed by atoms with Gasteiger partial charge in [-0.25, -0.2) is 4.99 Å². The molecule has 0 amide bonds.